The number of nitrogens with zero attached hydrogens (tertiary/aromatic N) is 1. The van der Waals surface area contributed by atoms with E-state index in [1.54, 1.807) is 4.90 Å². The number of nitrogens with one attached hydrogen (secondary N) is 2. The fourth-order valence-electron chi connectivity index (χ4n) is 2.44. The molecule has 0 spiro atoms. The van der Waals surface area contributed by atoms with Gasteiger partial charge in [-0.2, -0.15) is 0 Å². The van der Waals surface area contributed by atoms with E-state index in [0.29, 0.717) is 38.6 Å². The summed E-state index contributed by atoms with van der Waals surface area (Å²) in [6, 6.07) is 8.70. The highest BCUT2D eigenvalue weighted by molar-refractivity contribution is 6.01. The van der Waals surface area contributed by atoms with Crippen LogP contribution in [0.2, 0.25) is 0 Å². The van der Waals surface area contributed by atoms with Crippen LogP contribution >= 0.6 is 0 Å². The highest BCUT2D eigenvalue weighted by Gasteiger charge is 2.33. The Morgan fingerprint density at radius 3 is 2.78 bits per heavy atom. The summed E-state index contributed by atoms with van der Waals surface area (Å²) in [5.41, 5.74) is 0.865. The largest absolute Gasteiger partial charge is 0.379 e. The number of amides is 3. The van der Waals surface area contributed by atoms with E-state index in [0.717, 1.165) is 5.69 Å². The Labute approximate surface area is 137 Å². The van der Waals surface area contributed by atoms with Gasteiger partial charge in [0.15, 0.2) is 0 Å². The van der Waals surface area contributed by atoms with Crippen molar-refractivity contribution in [3.05, 3.63) is 30.3 Å². The molecule has 1 saturated heterocycles. The minimum absolute atomic E-state index is 0.0672. The standard InChI is InChI=1S/C17H25N3O3/c1-13(2)12-23-11-9-18-17(22)19-15-8-10-20(16(15)21)14-6-4-3-5-7-14/h3-7,13,15H,8-12H2,1-2H3,(H2,18,19,22)/t15-/m0/s1. The summed E-state index contributed by atoms with van der Waals surface area (Å²) in [5.74, 6) is 0.409. The van der Waals surface area contributed by atoms with E-state index in [-0.39, 0.29) is 11.9 Å². The molecule has 2 N–H and O–H groups in total. The third-order valence-electron chi connectivity index (χ3n) is 3.56. The van der Waals surface area contributed by atoms with E-state index >= 15 is 0 Å². The zero-order valence-electron chi connectivity index (χ0n) is 13.7. The second-order valence-corrected chi connectivity index (χ2v) is 6.04. The first-order valence-corrected chi connectivity index (χ1v) is 8.06. The Hall–Kier alpha value is -2.08. The summed E-state index contributed by atoms with van der Waals surface area (Å²) in [5, 5.41) is 5.44. The number of anilines is 1. The zero-order chi connectivity index (χ0) is 16.7. The first-order valence-electron chi connectivity index (χ1n) is 8.06. The Morgan fingerprint density at radius 2 is 2.09 bits per heavy atom. The molecule has 0 radical (unpaired) electrons. The van der Waals surface area contributed by atoms with Crippen LogP contribution in [-0.2, 0) is 9.53 Å². The van der Waals surface area contributed by atoms with Crippen LogP contribution in [0.15, 0.2) is 30.3 Å². The normalized spacial score (nSPS) is 17.6. The number of ether oxygens (including phenoxy) is 1. The molecule has 6 heteroatoms. The molecule has 0 aromatic heterocycles. The Bertz CT molecular complexity index is 519. The first-order chi connectivity index (χ1) is 11.1. The number of urea groups is 1. The van der Waals surface area contributed by atoms with Crippen molar-refractivity contribution in [1.29, 1.82) is 0 Å². The van der Waals surface area contributed by atoms with Crippen molar-refractivity contribution in [3.8, 4) is 0 Å². The molecule has 0 saturated carbocycles. The minimum atomic E-state index is -0.466. The van der Waals surface area contributed by atoms with E-state index in [9.17, 15) is 9.59 Å². The van der Waals surface area contributed by atoms with Crippen molar-refractivity contribution >= 4 is 17.6 Å². The minimum Gasteiger partial charge on any atom is -0.379 e. The molecule has 0 aliphatic carbocycles. The van der Waals surface area contributed by atoms with Gasteiger partial charge in [-0.25, -0.2) is 4.79 Å². The highest BCUT2D eigenvalue weighted by Crippen LogP contribution is 2.20. The first kappa shape index (κ1) is 17.3. The quantitative estimate of drug-likeness (QED) is 0.752. The van der Waals surface area contributed by atoms with E-state index in [1.165, 1.54) is 0 Å². The lowest BCUT2D eigenvalue weighted by molar-refractivity contribution is -0.118. The average Bonchev–Trinajstić information content (AvgIpc) is 2.88. The molecule has 23 heavy (non-hydrogen) atoms. The summed E-state index contributed by atoms with van der Waals surface area (Å²) in [6.07, 6.45) is 0.616. The van der Waals surface area contributed by atoms with E-state index < -0.39 is 6.04 Å². The SMILES string of the molecule is CC(C)COCCNC(=O)N[C@H]1CCN(c2ccccc2)C1=O. The lowest BCUT2D eigenvalue weighted by Crippen LogP contribution is -2.46. The molecule has 1 fully saturated rings. The molecule has 1 heterocycles. The number of rotatable bonds is 7. The van der Waals surface area contributed by atoms with Gasteiger partial charge >= 0.3 is 6.03 Å². The molecule has 1 atom stereocenters. The van der Waals surface area contributed by atoms with Gasteiger partial charge in [0.05, 0.1) is 6.61 Å². The number of para-hydroxylation sites is 1. The van der Waals surface area contributed by atoms with Crippen molar-refractivity contribution in [1.82, 2.24) is 10.6 Å². The molecular formula is C17H25N3O3. The maximum absolute atomic E-state index is 12.4. The van der Waals surface area contributed by atoms with Gasteiger partial charge < -0.3 is 20.3 Å². The smallest absolute Gasteiger partial charge is 0.315 e. The fourth-order valence-corrected chi connectivity index (χ4v) is 2.44. The predicted molar refractivity (Wildman–Crippen MR) is 89.4 cm³/mol. The van der Waals surface area contributed by atoms with E-state index in [2.05, 4.69) is 24.5 Å². The van der Waals surface area contributed by atoms with Gasteiger partial charge in [0.25, 0.3) is 0 Å². The number of carbonyl (C=O) groups is 2. The summed E-state index contributed by atoms with van der Waals surface area (Å²) in [6.45, 7) is 6.35. The number of carbonyl (C=O) groups excluding carboxylic acids is 2. The van der Waals surface area contributed by atoms with Gasteiger partial charge in [-0.3, -0.25) is 4.79 Å². The maximum Gasteiger partial charge on any atom is 0.315 e. The maximum atomic E-state index is 12.4. The highest BCUT2D eigenvalue weighted by atomic mass is 16.5. The lowest BCUT2D eigenvalue weighted by Gasteiger charge is -2.17. The third kappa shape index (κ3) is 5.25. The molecule has 1 aliphatic heterocycles. The Morgan fingerprint density at radius 1 is 1.35 bits per heavy atom. The summed E-state index contributed by atoms with van der Waals surface area (Å²) in [7, 11) is 0. The second kappa shape index (κ2) is 8.53. The van der Waals surface area contributed by atoms with Crippen LogP contribution in [0.3, 0.4) is 0 Å². The molecular weight excluding hydrogens is 294 g/mol. The van der Waals surface area contributed by atoms with Gasteiger partial charge in [-0.15, -0.1) is 0 Å². The van der Waals surface area contributed by atoms with Crippen LogP contribution in [0, 0.1) is 5.92 Å². The Balaban J connectivity index is 1.72. The van der Waals surface area contributed by atoms with Crippen LogP contribution in [-0.4, -0.2) is 44.3 Å². The third-order valence-corrected chi connectivity index (χ3v) is 3.56. The summed E-state index contributed by atoms with van der Waals surface area (Å²) >= 11 is 0. The number of hydrogen-bond donors (Lipinski definition) is 2. The molecule has 6 nitrogen and oxygen atoms in total. The van der Waals surface area contributed by atoms with E-state index in [1.807, 2.05) is 30.3 Å². The molecule has 1 aromatic rings. The lowest BCUT2D eigenvalue weighted by atomic mass is 10.2. The number of hydrogen-bond acceptors (Lipinski definition) is 3. The average molecular weight is 319 g/mol. The van der Waals surface area contributed by atoms with Crippen LogP contribution in [0.1, 0.15) is 20.3 Å². The fraction of sp³-hybridized carbons (Fsp3) is 0.529. The van der Waals surface area contributed by atoms with Crippen LogP contribution in [0.4, 0.5) is 10.5 Å². The molecule has 0 unspecified atom stereocenters. The van der Waals surface area contributed by atoms with Crippen molar-refractivity contribution in [3.63, 3.8) is 0 Å². The van der Waals surface area contributed by atoms with Gasteiger partial charge in [-0.05, 0) is 24.5 Å². The second-order valence-electron chi connectivity index (χ2n) is 6.04. The van der Waals surface area contributed by atoms with Crippen LogP contribution < -0.4 is 15.5 Å². The van der Waals surface area contributed by atoms with Crippen molar-refractivity contribution in [2.24, 2.45) is 5.92 Å². The monoisotopic (exact) mass is 319 g/mol. The van der Waals surface area contributed by atoms with Crippen molar-refractivity contribution in [2.45, 2.75) is 26.3 Å². The molecule has 126 valence electrons. The number of benzene rings is 1. The predicted octanol–water partition coefficient (Wildman–Crippen LogP) is 1.76. The van der Waals surface area contributed by atoms with Crippen molar-refractivity contribution < 1.29 is 14.3 Å². The van der Waals surface area contributed by atoms with Gasteiger partial charge in [-0.1, -0.05) is 32.0 Å². The molecule has 0 bridgehead atoms. The summed E-state index contributed by atoms with van der Waals surface area (Å²) in [4.78, 5) is 25.9. The molecule has 3 amide bonds. The topological polar surface area (TPSA) is 70.7 Å². The van der Waals surface area contributed by atoms with Gasteiger partial charge in [0, 0.05) is 25.4 Å². The van der Waals surface area contributed by atoms with Crippen molar-refractivity contribution in [2.75, 3.05) is 31.2 Å². The van der Waals surface area contributed by atoms with Gasteiger partial charge in [0.2, 0.25) is 5.91 Å². The van der Waals surface area contributed by atoms with E-state index in [4.69, 9.17) is 4.74 Å². The Kier molecular flexibility index (Phi) is 6.40. The van der Waals surface area contributed by atoms with Crippen LogP contribution in [0.25, 0.3) is 0 Å². The molecule has 2 rings (SSSR count). The molecule has 1 aliphatic rings. The van der Waals surface area contributed by atoms with Crippen LogP contribution in [0.5, 0.6) is 0 Å². The molecule has 1 aromatic carbocycles. The summed E-state index contributed by atoms with van der Waals surface area (Å²) < 4.78 is 5.39. The zero-order valence-corrected chi connectivity index (χ0v) is 13.7. The van der Waals surface area contributed by atoms with Gasteiger partial charge in [0.1, 0.15) is 6.04 Å².